The number of hydrogen-bond acceptors (Lipinski definition) is 3. The van der Waals surface area contributed by atoms with Gasteiger partial charge in [0.1, 0.15) is 0 Å². The summed E-state index contributed by atoms with van der Waals surface area (Å²) < 4.78 is 0. The van der Waals surface area contributed by atoms with Crippen molar-refractivity contribution in [1.29, 1.82) is 0 Å². The van der Waals surface area contributed by atoms with Crippen LogP contribution in [-0.2, 0) is 4.79 Å². The monoisotopic (exact) mass is 385 g/mol. The molecule has 1 heterocycles. The van der Waals surface area contributed by atoms with Crippen LogP contribution in [0.1, 0.15) is 39.1 Å². The zero-order valence-corrected chi connectivity index (χ0v) is 15.9. The molecule has 0 saturated carbocycles. The summed E-state index contributed by atoms with van der Waals surface area (Å²) in [5.41, 5.74) is 2.55. The summed E-state index contributed by atoms with van der Waals surface area (Å²) in [7, 11) is 1.56. The highest BCUT2D eigenvalue weighted by Gasteiger charge is 2.26. The van der Waals surface area contributed by atoms with Crippen molar-refractivity contribution in [3.05, 3.63) is 58.1 Å². The Bertz CT molecular complexity index is 927. The van der Waals surface area contributed by atoms with Crippen molar-refractivity contribution < 1.29 is 14.4 Å². The van der Waals surface area contributed by atoms with Gasteiger partial charge in [-0.05, 0) is 49.2 Å². The average molecular weight is 386 g/mol. The third kappa shape index (κ3) is 3.80. The van der Waals surface area contributed by atoms with Gasteiger partial charge in [0.2, 0.25) is 5.91 Å². The third-order valence-corrected chi connectivity index (χ3v) is 4.86. The topological polar surface area (TPSA) is 78.5 Å². The van der Waals surface area contributed by atoms with Gasteiger partial charge < -0.3 is 15.5 Å². The second-order valence-corrected chi connectivity index (χ2v) is 6.76. The van der Waals surface area contributed by atoms with Crippen LogP contribution in [0.15, 0.2) is 36.4 Å². The summed E-state index contributed by atoms with van der Waals surface area (Å²) in [6, 6.07) is 10.00. The predicted octanol–water partition coefficient (Wildman–Crippen LogP) is 3.39. The molecule has 6 nitrogen and oxygen atoms in total. The van der Waals surface area contributed by atoms with Crippen LogP contribution in [0.3, 0.4) is 0 Å². The van der Waals surface area contributed by atoms with Crippen molar-refractivity contribution in [2.75, 3.05) is 23.8 Å². The van der Waals surface area contributed by atoms with Crippen molar-refractivity contribution in [2.24, 2.45) is 0 Å². The minimum atomic E-state index is -0.362. The lowest BCUT2D eigenvalue weighted by atomic mass is 10.1. The zero-order chi connectivity index (χ0) is 19.6. The molecule has 2 N–H and O–H groups in total. The number of anilines is 2. The third-order valence-electron chi connectivity index (χ3n) is 4.62. The average Bonchev–Trinajstić information content (AvgIpc) is 3.08. The Hall–Kier alpha value is -2.86. The number of halogens is 1. The molecule has 1 aliphatic rings. The van der Waals surface area contributed by atoms with E-state index >= 15 is 0 Å². The first-order valence-corrected chi connectivity index (χ1v) is 9.03. The quantitative estimate of drug-likeness (QED) is 0.846. The lowest BCUT2D eigenvalue weighted by Crippen LogP contribution is -2.27. The van der Waals surface area contributed by atoms with Gasteiger partial charge in [-0.3, -0.25) is 14.4 Å². The molecule has 0 unspecified atom stereocenters. The van der Waals surface area contributed by atoms with E-state index in [0.29, 0.717) is 46.1 Å². The standard InChI is InChI=1S/C20H20ClN3O3/c1-12-14(19(26)22-2)5-3-6-16(12)23-20(27)15-9-8-13(21)11-17(15)24-10-4-7-18(24)25/h3,5-6,8-9,11H,4,7,10H2,1-2H3,(H,22,26)(H,23,27). The van der Waals surface area contributed by atoms with Crippen molar-refractivity contribution in [1.82, 2.24) is 5.32 Å². The van der Waals surface area contributed by atoms with Gasteiger partial charge in [0.15, 0.2) is 0 Å². The normalized spacial score (nSPS) is 13.6. The minimum Gasteiger partial charge on any atom is -0.355 e. The van der Waals surface area contributed by atoms with E-state index in [4.69, 9.17) is 11.6 Å². The van der Waals surface area contributed by atoms with Gasteiger partial charge in [0, 0.05) is 36.3 Å². The predicted molar refractivity (Wildman–Crippen MR) is 106 cm³/mol. The van der Waals surface area contributed by atoms with E-state index in [0.717, 1.165) is 6.42 Å². The zero-order valence-electron chi connectivity index (χ0n) is 15.1. The van der Waals surface area contributed by atoms with Crippen molar-refractivity contribution in [3.63, 3.8) is 0 Å². The number of carbonyl (C=O) groups is 3. The number of nitrogens with one attached hydrogen (secondary N) is 2. The molecule has 7 heteroatoms. The Balaban J connectivity index is 1.94. The minimum absolute atomic E-state index is 0.0240. The molecule has 0 bridgehead atoms. The summed E-state index contributed by atoms with van der Waals surface area (Å²) in [6.07, 6.45) is 1.21. The summed E-state index contributed by atoms with van der Waals surface area (Å²) >= 11 is 6.09. The van der Waals surface area contributed by atoms with Crippen LogP contribution in [0.4, 0.5) is 11.4 Å². The number of nitrogens with zero attached hydrogens (tertiary/aromatic N) is 1. The Morgan fingerprint density at radius 1 is 1.11 bits per heavy atom. The maximum Gasteiger partial charge on any atom is 0.257 e. The number of carbonyl (C=O) groups excluding carboxylic acids is 3. The molecule has 140 valence electrons. The molecule has 0 spiro atoms. The maximum atomic E-state index is 12.9. The van der Waals surface area contributed by atoms with Gasteiger partial charge >= 0.3 is 0 Å². The van der Waals surface area contributed by atoms with Gasteiger partial charge in [-0.1, -0.05) is 17.7 Å². The number of rotatable bonds is 4. The van der Waals surface area contributed by atoms with Crippen LogP contribution in [-0.4, -0.2) is 31.3 Å². The van der Waals surface area contributed by atoms with Crippen molar-refractivity contribution in [2.45, 2.75) is 19.8 Å². The van der Waals surface area contributed by atoms with Crippen LogP contribution >= 0.6 is 11.6 Å². The molecule has 0 aliphatic carbocycles. The lowest BCUT2D eigenvalue weighted by molar-refractivity contribution is -0.117. The molecule has 2 aromatic carbocycles. The highest BCUT2D eigenvalue weighted by molar-refractivity contribution is 6.31. The van der Waals surface area contributed by atoms with Crippen LogP contribution in [0.25, 0.3) is 0 Å². The van der Waals surface area contributed by atoms with Crippen LogP contribution < -0.4 is 15.5 Å². The Morgan fingerprint density at radius 3 is 2.56 bits per heavy atom. The number of amides is 3. The number of hydrogen-bond donors (Lipinski definition) is 2. The largest absolute Gasteiger partial charge is 0.355 e. The van der Waals surface area contributed by atoms with Gasteiger partial charge in [-0.15, -0.1) is 0 Å². The molecular formula is C20H20ClN3O3. The molecule has 0 aromatic heterocycles. The smallest absolute Gasteiger partial charge is 0.257 e. The highest BCUT2D eigenvalue weighted by atomic mass is 35.5. The van der Waals surface area contributed by atoms with Crippen LogP contribution in [0.5, 0.6) is 0 Å². The molecule has 27 heavy (non-hydrogen) atoms. The summed E-state index contributed by atoms with van der Waals surface area (Å²) in [4.78, 5) is 38.6. The second-order valence-electron chi connectivity index (χ2n) is 6.32. The molecule has 3 amide bonds. The van der Waals surface area contributed by atoms with E-state index in [-0.39, 0.29) is 17.7 Å². The van der Waals surface area contributed by atoms with E-state index in [1.807, 2.05) is 0 Å². The van der Waals surface area contributed by atoms with E-state index in [1.165, 1.54) is 0 Å². The summed E-state index contributed by atoms with van der Waals surface area (Å²) in [5, 5.41) is 5.88. The van der Waals surface area contributed by atoms with E-state index in [2.05, 4.69) is 10.6 Å². The maximum absolute atomic E-state index is 12.9. The van der Waals surface area contributed by atoms with E-state index in [1.54, 1.807) is 55.3 Å². The molecule has 1 fully saturated rings. The second kappa shape index (κ2) is 7.80. The molecule has 1 saturated heterocycles. The molecule has 3 rings (SSSR count). The Kier molecular flexibility index (Phi) is 5.46. The lowest BCUT2D eigenvalue weighted by Gasteiger charge is -2.20. The van der Waals surface area contributed by atoms with Gasteiger partial charge in [0.25, 0.3) is 11.8 Å². The first-order chi connectivity index (χ1) is 12.9. The fourth-order valence-electron chi connectivity index (χ4n) is 3.16. The van der Waals surface area contributed by atoms with Gasteiger partial charge in [-0.2, -0.15) is 0 Å². The van der Waals surface area contributed by atoms with Crippen LogP contribution in [0.2, 0.25) is 5.02 Å². The first kappa shape index (κ1) is 18.9. The molecule has 2 aromatic rings. The Labute approximate surface area is 162 Å². The van der Waals surface area contributed by atoms with Gasteiger partial charge in [0.05, 0.1) is 11.3 Å². The fourth-order valence-corrected chi connectivity index (χ4v) is 3.33. The number of benzene rings is 2. The molecule has 0 atom stereocenters. The fraction of sp³-hybridized carbons (Fsp3) is 0.250. The molecule has 1 aliphatic heterocycles. The van der Waals surface area contributed by atoms with Crippen molar-refractivity contribution >= 4 is 40.7 Å². The van der Waals surface area contributed by atoms with Crippen molar-refractivity contribution in [3.8, 4) is 0 Å². The SMILES string of the molecule is CNC(=O)c1cccc(NC(=O)c2ccc(Cl)cc2N2CCCC2=O)c1C. The van der Waals surface area contributed by atoms with E-state index in [9.17, 15) is 14.4 Å². The van der Waals surface area contributed by atoms with Crippen LogP contribution in [0, 0.1) is 6.92 Å². The van der Waals surface area contributed by atoms with Gasteiger partial charge in [-0.25, -0.2) is 0 Å². The highest BCUT2D eigenvalue weighted by Crippen LogP contribution is 2.30. The molecular weight excluding hydrogens is 366 g/mol. The summed E-state index contributed by atoms with van der Waals surface area (Å²) in [6.45, 7) is 2.33. The Morgan fingerprint density at radius 2 is 1.89 bits per heavy atom. The first-order valence-electron chi connectivity index (χ1n) is 8.65. The van der Waals surface area contributed by atoms with E-state index < -0.39 is 0 Å². The summed E-state index contributed by atoms with van der Waals surface area (Å²) in [5.74, 6) is -0.610. The molecule has 0 radical (unpaired) electrons.